The van der Waals surface area contributed by atoms with Gasteiger partial charge in [0.05, 0.1) is 17.5 Å². The fraction of sp³-hybridized carbons (Fsp3) is 0.211. The van der Waals surface area contributed by atoms with Gasteiger partial charge in [-0.25, -0.2) is 10.0 Å². The van der Waals surface area contributed by atoms with Gasteiger partial charge < -0.3 is 5.32 Å². The zero-order valence-electron chi connectivity index (χ0n) is 14.1. The second-order valence-corrected chi connectivity index (χ2v) is 7.52. The summed E-state index contributed by atoms with van der Waals surface area (Å²) >= 11 is 7.36. The lowest BCUT2D eigenvalue weighted by Crippen LogP contribution is -2.29. The van der Waals surface area contributed by atoms with Gasteiger partial charge in [-0.15, -0.1) is 0 Å². The number of aryl methyl sites for hydroxylation is 1. The van der Waals surface area contributed by atoms with Crippen molar-refractivity contribution < 1.29 is 4.79 Å². The molecule has 7 heteroatoms. The number of nitrogens with one attached hydrogen (secondary N) is 1. The molecule has 2 aliphatic rings. The minimum atomic E-state index is -0.0818. The number of hydrogen-bond acceptors (Lipinski definition) is 5. The monoisotopic (exact) mass is 384 g/mol. The van der Waals surface area contributed by atoms with Gasteiger partial charge in [-0.3, -0.25) is 4.79 Å². The van der Waals surface area contributed by atoms with Crippen molar-refractivity contribution in [2.45, 2.75) is 19.4 Å². The van der Waals surface area contributed by atoms with E-state index in [4.69, 9.17) is 16.6 Å². The summed E-state index contributed by atoms with van der Waals surface area (Å²) in [7, 11) is 0. The van der Waals surface area contributed by atoms with E-state index in [1.165, 1.54) is 17.3 Å². The highest BCUT2D eigenvalue weighted by Gasteiger charge is 2.32. The van der Waals surface area contributed by atoms with E-state index in [-0.39, 0.29) is 17.7 Å². The lowest BCUT2D eigenvalue weighted by molar-refractivity contribution is -0.113. The van der Waals surface area contributed by atoms with Crippen molar-refractivity contribution in [3.05, 3.63) is 58.6 Å². The van der Waals surface area contributed by atoms with Crippen LogP contribution in [-0.4, -0.2) is 28.1 Å². The molecule has 1 N–H and O–H groups in total. The van der Waals surface area contributed by atoms with Crippen LogP contribution in [-0.2, 0) is 4.79 Å². The molecule has 2 aromatic rings. The Hall–Kier alpha value is -2.31. The van der Waals surface area contributed by atoms with Gasteiger partial charge in [0.1, 0.15) is 0 Å². The van der Waals surface area contributed by atoms with E-state index in [0.29, 0.717) is 5.02 Å². The average Bonchev–Trinajstić information content (AvgIpc) is 3.12. The highest BCUT2D eigenvalue weighted by molar-refractivity contribution is 8.14. The molecule has 132 valence electrons. The summed E-state index contributed by atoms with van der Waals surface area (Å²) in [4.78, 5) is 17.0. The largest absolute Gasteiger partial charge is 0.325 e. The molecule has 0 fully saturated rings. The van der Waals surface area contributed by atoms with Gasteiger partial charge in [-0.05, 0) is 36.8 Å². The number of anilines is 1. The van der Waals surface area contributed by atoms with Gasteiger partial charge in [0.25, 0.3) is 0 Å². The topological polar surface area (TPSA) is 57.1 Å². The molecule has 0 bridgehead atoms. The van der Waals surface area contributed by atoms with E-state index in [9.17, 15) is 4.79 Å². The van der Waals surface area contributed by atoms with E-state index in [2.05, 4.69) is 16.5 Å². The van der Waals surface area contributed by atoms with Crippen LogP contribution in [0.15, 0.2) is 52.6 Å². The summed E-state index contributed by atoms with van der Waals surface area (Å²) in [6, 6.07) is 13.7. The summed E-state index contributed by atoms with van der Waals surface area (Å²) in [5, 5.41) is 10.7. The third-order valence-corrected chi connectivity index (χ3v) is 5.51. The number of thioether (sulfide) groups is 1. The van der Waals surface area contributed by atoms with Gasteiger partial charge in [-0.1, -0.05) is 41.6 Å². The number of amides is 1. The van der Waals surface area contributed by atoms with Gasteiger partial charge in [0.2, 0.25) is 5.91 Å². The Morgan fingerprint density at radius 2 is 2.19 bits per heavy atom. The number of rotatable bonds is 3. The Kier molecular flexibility index (Phi) is 4.70. The minimum absolute atomic E-state index is 0.0818. The van der Waals surface area contributed by atoms with Crippen LogP contribution in [0.1, 0.15) is 23.6 Å². The van der Waals surface area contributed by atoms with Gasteiger partial charge in [-0.2, -0.15) is 5.10 Å². The number of nitrogens with zero attached hydrogens (tertiary/aromatic N) is 3. The summed E-state index contributed by atoms with van der Waals surface area (Å²) < 4.78 is 0. The number of hydrazone groups is 1. The van der Waals surface area contributed by atoms with E-state index in [1.807, 2.05) is 48.5 Å². The molecule has 5 nitrogen and oxygen atoms in total. The van der Waals surface area contributed by atoms with Crippen LogP contribution in [0.25, 0.3) is 0 Å². The summed E-state index contributed by atoms with van der Waals surface area (Å²) in [6.45, 7) is 1.92. The van der Waals surface area contributed by atoms with E-state index >= 15 is 0 Å². The molecule has 0 aromatic heterocycles. The zero-order valence-corrected chi connectivity index (χ0v) is 15.7. The Labute approximate surface area is 161 Å². The van der Waals surface area contributed by atoms with Crippen molar-refractivity contribution in [2.75, 3.05) is 11.1 Å². The summed E-state index contributed by atoms with van der Waals surface area (Å²) in [6.07, 6.45) is 2.76. The van der Waals surface area contributed by atoms with Gasteiger partial charge in [0.15, 0.2) is 5.17 Å². The van der Waals surface area contributed by atoms with Crippen molar-refractivity contribution in [1.82, 2.24) is 5.01 Å². The first kappa shape index (κ1) is 17.1. The molecule has 2 heterocycles. The Morgan fingerprint density at radius 1 is 1.35 bits per heavy atom. The quantitative estimate of drug-likeness (QED) is 0.830. The maximum Gasteiger partial charge on any atom is 0.234 e. The maximum absolute atomic E-state index is 12.4. The lowest BCUT2D eigenvalue weighted by atomic mass is 10.0. The molecule has 26 heavy (non-hydrogen) atoms. The first-order valence-corrected chi connectivity index (χ1v) is 9.66. The van der Waals surface area contributed by atoms with Gasteiger partial charge in [0, 0.05) is 28.9 Å². The number of amidine groups is 1. The highest BCUT2D eigenvalue weighted by Crippen LogP contribution is 2.40. The van der Waals surface area contributed by atoms with Crippen LogP contribution in [0, 0.1) is 6.92 Å². The van der Waals surface area contributed by atoms with Crippen molar-refractivity contribution in [1.29, 1.82) is 0 Å². The Morgan fingerprint density at radius 3 is 3.04 bits per heavy atom. The molecule has 0 spiro atoms. The normalized spacial score (nSPS) is 17.5. The molecular formula is C19H17ClN4OS. The molecule has 0 radical (unpaired) electrons. The maximum atomic E-state index is 12.4. The number of fused-ring (bicyclic) bond motifs is 3. The molecule has 1 amide bonds. The van der Waals surface area contributed by atoms with Crippen molar-refractivity contribution >= 4 is 52.0 Å². The number of hydrogen-bond donors (Lipinski definition) is 1. The average molecular weight is 385 g/mol. The van der Waals surface area contributed by atoms with Crippen LogP contribution in [0.3, 0.4) is 0 Å². The molecule has 0 aliphatic carbocycles. The SMILES string of the molecule is Cc1cc(Cl)ccc1NC(=O)CSC1=Nc2ccccc2C2CC=NN12. The molecule has 2 aromatic carbocycles. The number of para-hydroxylation sites is 1. The molecule has 0 saturated carbocycles. The van der Waals surface area contributed by atoms with Crippen molar-refractivity contribution in [3.63, 3.8) is 0 Å². The molecule has 4 rings (SSSR count). The first-order valence-electron chi connectivity index (χ1n) is 8.30. The molecule has 1 unspecified atom stereocenters. The summed E-state index contributed by atoms with van der Waals surface area (Å²) in [5.41, 5.74) is 3.84. The standard InChI is InChI=1S/C19H17ClN4OS/c1-12-10-13(20)6-7-15(12)22-18(25)11-26-19-23-16-5-3-2-4-14(16)17-8-9-21-24(17)19/h2-7,9-10,17H,8,11H2,1H3,(H,22,25). The number of aliphatic imine (C=N–C) groups is 1. The van der Waals surface area contributed by atoms with Crippen LogP contribution in [0.2, 0.25) is 5.02 Å². The molecule has 2 aliphatic heterocycles. The fourth-order valence-corrected chi connectivity index (χ4v) is 4.09. The van der Waals surface area contributed by atoms with E-state index in [1.54, 1.807) is 6.07 Å². The summed E-state index contributed by atoms with van der Waals surface area (Å²) in [5.74, 6) is 0.184. The molecule has 1 atom stereocenters. The van der Waals surface area contributed by atoms with Crippen LogP contribution in [0.4, 0.5) is 11.4 Å². The van der Waals surface area contributed by atoms with E-state index in [0.717, 1.165) is 28.5 Å². The van der Waals surface area contributed by atoms with Crippen LogP contribution < -0.4 is 5.32 Å². The second kappa shape index (κ2) is 7.13. The van der Waals surface area contributed by atoms with Crippen molar-refractivity contribution in [2.24, 2.45) is 10.1 Å². The number of halogens is 1. The fourth-order valence-electron chi connectivity index (χ4n) is 3.06. The number of benzene rings is 2. The third kappa shape index (κ3) is 3.34. The van der Waals surface area contributed by atoms with E-state index < -0.39 is 0 Å². The lowest BCUT2D eigenvalue weighted by Gasteiger charge is -2.29. The highest BCUT2D eigenvalue weighted by atomic mass is 35.5. The molecular weight excluding hydrogens is 368 g/mol. The zero-order chi connectivity index (χ0) is 18.1. The predicted molar refractivity (Wildman–Crippen MR) is 109 cm³/mol. The van der Waals surface area contributed by atoms with Crippen LogP contribution >= 0.6 is 23.4 Å². The van der Waals surface area contributed by atoms with Gasteiger partial charge >= 0.3 is 0 Å². The minimum Gasteiger partial charge on any atom is -0.325 e. The molecule has 0 saturated heterocycles. The number of carbonyl (C=O) groups excluding carboxylic acids is 1. The third-order valence-electron chi connectivity index (χ3n) is 4.33. The number of carbonyl (C=O) groups is 1. The predicted octanol–water partition coefficient (Wildman–Crippen LogP) is 4.75. The second-order valence-electron chi connectivity index (χ2n) is 6.14. The van der Waals surface area contributed by atoms with Crippen LogP contribution in [0.5, 0.6) is 0 Å². The Bertz CT molecular complexity index is 928. The smallest absolute Gasteiger partial charge is 0.234 e. The Balaban J connectivity index is 1.46. The first-order chi connectivity index (χ1) is 12.6. The van der Waals surface area contributed by atoms with Crippen molar-refractivity contribution in [3.8, 4) is 0 Å².